The molecule has 2 heterocycles. The summed E-state index contributed by atoms with van der Waals surface area (Å²) in [6.07, 6.45) is 1.13. The first-order valence-corrected chi connectivity index (χ1v) is 11.0. The summed E-state index contributed by atoms with van der Waals surface area (Å²) >= 11 is 1.88. The van der Waals surface area contributed by atoms with Crippen molar-refractivity contribution in [3.8, 4) is 11.5 Å². The second kappa shape index (κ2) is 12.4. The minimum atomic E-state index is -0.0265. The Balaban J connectivity index is 0.00000320. The van der Waals surface area contributed by atoms with E-state index in [9.17, 15) is 0 Å². The van der Waals surface area contributed by atoms with E-state index in [0.717, 1.165) is 43.5 Å². The molecule has 0 spiro atoms. The maximum Gasteiger partial charge on any atom is 0.191 e. The van der Waals surface area contributed by atoms with E-state index in [1.807, 2.05) is 42.5 Å². The van der Waals surface area contributed by atoms with Crippen LogP contribution in [0.4, 0.5) is 0 Å². The number of nitrogens with one attached hydrogen (secondary N) is 2. The highest BCUT2D eigenvalue weighted by Gasteiger charge is 2.21. The van der Waals surface area contributed by atoms with Gasteiger partial charge >= 0.3 is 0 Å². The zero-order valence-electron chi connectivity index (χ0n) is 18.2. The van der Waals surface area contributed by atoms with Crippen LogP contribution in [0, 0.1) is 0 Å². The van der Waals surface area contributed by atoms with Crippen LogP contribution in [0.2, 0.25) is 0 Å². The first-order valence-electron chi connectivity index (χ1n) is 10.1. The van der Waals surface area contributed by atoms with E-state index in [1.54, 1.807) is 19.0 Å². The number of para-hydroxylation sites is 2. The van der Waals surface area contributed by atoms with Gasteiger partial charge in [0.15, 0.2) is 17.5 Å². The summed E-state index contributed by atoms with van der Waals surface area (Å²) in [6.45, 7) is 7.95. The van der Waals surface area contributed by atoms with Crippen molar-refractivity contribution in [2.75, 3.05) is 33.8 Å². The standard InChI is InChI=1S/C22H32N4O2S.HI/c1-16(26-11-9-21-18(15-26)10-12-29-21)13-24-22(23-3)25-14-17(2)28-20-8-6-5-7-19(20)27-4;/h5-8,10,12,16-17H,9,11,13-15H2,1-4H3,(H2,23,24,25);1H. The predicted molar refractivity (Wildman–Crippen MR) is 136 cm³/mol. The average Bonchev–Trinajstić information content (AvgIpc) is 3.22. The number of nitrogens with zero attached hydrogens (tertiary/aromatic N) is 2. The van der Waals surface area contributed by atoms with Gasteiger partial charge in [-0.15, -0.1) is 35.3 Å². The number of rotatable bonds is 8. The molecule has 1 aliphatic rings. The van der Waals surface area contributed by atoms with Gasteiger partial charge in [0.05, 0.1) is 13.7 Å². The van der Waals surface area contributed by atoms with Crippen LogP contribution in [0.5, 0.6) is 11.5 Å². The third-order valence-corrected chi connectivity index (χ3v) is 6.23. The third kappa shape index (κ3) is 6.75. The molecule has 1 aliphatic heterocycles. The van der Waals surface area contributed by atoms with Crippen molar-refractivity contribution in [1.29, 1.82) is 0 Å². The molecule has 1 aromatic carbocycles. The normalized spacial score (nSPS) is 16.1. The van der Waals surface area contributed by atoms with E-state index in [-0.39, 0.29) is 30.1 Å². The molecular formula is C22H33IN4O2S. The second-order valence-electron chi connectivity index (χ2n) is 7.35. The number of halogens is 1. The average molecular weight is 545 g/mol. The highest BCUT2D eigenvalue weighted by molar-refractivity contribution is 14.0. The summed E-state index contributed by atoms with van der Waals surface area (Å²) < 4.78 is 11.3. The van der Waals surface area contributed by atoms with Gasteiger partial charge in [0, 0.05) is 37.6 Å². The molecule has 0 fully saturated rings. The highest BCUT2D eigenvalue weighted by atomic mass is 127. The molecule has 2 aromatic rings. The first kappa shape index (κ1) is 24.7. The summed E-state index contributed by atoms with van der Waals surface area (Å²) in [5, 5.41) is 9.00. The lowest BCUT2D eigenvalue weighted by Crippen LogP contribution is -2.48. The van der Waals surface area contributed by atoms with Crippen molar-refractivity contribution in [3.63, 3.8) is 0 Å². The Morgan fingerprint density at radius 1 is 1.17 bits per heavy atom. The Labute approximate surface area is 201 Å². The quantitative estimate of drug-likeness (QED) is 0.301. The molecule has 8 heteroatoms. The van der Waals surface area contributed by atoms with E-state index in [0.29, 0.717) is 12.6 Å². The van der Waals surface area contributed by atoms with Crippen LogP contribution in [-0.2, 0) is 13.0 Å². The Kier molecular flexibility index (Phi) is 10.2. The van der Waals surface area contributed by atoms with Crippen LogP contribution in [0.25, 0.3) is 0 Å². The molecule has 166 valence electrons. The molecule has 0 radical (unpaired) electrons. The Morgan fingerprint density at radius 3 is 2.63 bits per heavy atom. The summed E-state index contributed by atoms with van der Waals surface area (Å²) in [6, 6.07) is 10.4. The van der Waals surface area contributed by atoms with E-state index >= 15 is 0 Å². The van der Waals surface area contributed by atoms with Gasteiger partial charge in [-0.25, -0.2) is 0 Å². The minimum Gasteiger partial charge on any atom is -0.493 e. The lowest BCUT2D eigenvalue weighted by molar-refractivity contribution is 0.192. The first-order chi connectivity index (χ1) is 14.1. The third-order valence-electron chi connectivity index (χ3n) is 5.20. The van der Waals surface area contributed by atoms with Gasteiger partial charge in [0.25, 0.3) is 0 Å². The van der Waals surface area contributed by atoms with E-state index in [1.165, 1.54) is 5.56 Å². The molecule has 3 rings (SSSR count). The van der Waals surface area contributed by atoms with Gasteiger partial charge in [-0.3, -0.25) is 9.89 Å². The van der Waals surface area contributed by atoms with E-state index in [4.69, 9.17) is 9.47 Å². The van der Waals surface area contributed by atoms with Crippen LogP contribution >= 0.6 is 35.3 Å². The molecule has 0 bridgehead atoms. The monoisotopic (exact) mass is 544 g/mol. The van der Waals surface area contributed by atoms with Crippen molar-refractivity contribution in [2.24, 2.45) is 4.99 Å². The van der Waals surface area contributed by atoms with Gasteiger partial charge in [-0.2, -0.15) is 0 Å². The number of hydrogen-bond donors (Lipinski definition) is 2. The number of fused-ring (bicyclic) bond motifs is 1. The van der Waals surface area contributed by atoms with Gasteiger partial charge in [-0.05, 0) is 49.4 Å². The summed E-state index contributed by atoms with van der Waals surface area (Å²) in [7, 11) is 3.45. The lowest BCUT2D eigenvalue weighted by Gasteiger charge is -2.32. The van der Waals surface area contributed by atoms with E-state index < -0.39 is 0 Å². The number of benzene rings is 1. The number of ether oxygens (including phenoxy) is 2. The largest absolute Gasteiger partial charge is 0.493 e. The SMILES string of the molecule is CN=C(NCC(C)Oc1ccccc1OC)NCC(C)N1CCc2sccc2C1.I. The van der Waals surface area contributed by atoms with Gasteiger partial charge in [0.1, 0.15) is 6.10 Å². The number of hydrogen-bond acceptors (Lipinski definition) is 5. The maximum atomic E-state index is 6.00. The number of aliphatic imine (C=N–C) groups is 1. The lowest BCUT2D eigenvalue weighted by atomic mass is 10.1. The van der Waals surface area contributed by atoms with Crippen molar-refractivity contribution in [3.05, 3.63) is 46.2 Å². The van der Waals surface area contributed by atoms with Crippen molar-refractivity contribution in [1.82, 2.24) is 15.5 Å². The van der Waals surface area contributed by atoms with Crippen LogP contribution in [0.15, 0.2) is 40.7 Å². The summed E-state index contributed by atoms with van der Waals surface area (Å²) in [5.41, 5.74) is 1.48. The molecule has 2 atom stereocenters. The molecule has 0 saturated heterocycles. The molecule has 1 aromatic heterocycles. The molecular weight excluding hydrogens is 511 g/mol. The van der Waals surface area contributed by atoms with Crippen molar-refractivity contribution < 1.29 is 9.47 Å². The zero-order chi connectivity index (χ0) is 20.6. The van der Waals surface area contributed by atoms with Gasteiger partial charge in [-0.1, -0.05) is 12.1 Å². The Hall–Kier alpha value is -1.52. The Morgan fingerprint density at radius 2 is 1.90 bits per heavy atom. The van der Waals surface area contributed by atoms with Gasteiger partial charge < -0.3 is 20.1 Å². The van der Waals surface area contributed by atoms with Crippen LogP contribution in [0.3, 0.4) is 0 Å². The second-order valence-corrected chi connectivity index (χ2v) is 8.35. The molecule has 2 N–H and O–H groups in total. The molecule has 6 nitrogen and oxygen atoms in total. The van der Waals surface area contributed by atoms with Gasteiger partial charge in [0.2, 0.25) is 0 Å². The van der Waals surface area contributed by atoms with Crippen molar-refractivity contribution in [2.45, 2.75) is 39.0 Å². The zero-order valence-corrected chi connectivity index (χ0v) is 21.3. The van der Waals surface area contributed by atoms with Crippen LogP contribution < -0.4 is 20.1 Å². The fraction of sp³-hybridized carbons (Fsp3) is 0.500. The summed E-state index contributed by atoms with van der Waals surface area (Å²) in [4.78, 5) is 8.42. The fourth-order valence-electron chi connectivity index (χ4n) is 3.46. The number of methoxy groups -OCH3 is 1. The summed E-state index contributed by atoms with van der Waals surface area (Å²) in [5.74, 6) is 2.28. The molecule has 2 unspecified atom stereocenters. The highest BCUT2D eigenvalue weighted by Crippen LogP contribution is 2.27. The number of guanidine groups is 1. The molecule has 0 saturated carbocycles. The topological polar surface area (TPSA) is 58.1 Å². The maximum absolute atomic E-state index is 6.00. The van der Waals surface area contributed by atoms with E-state index in [2.05, 4.69) is 38.9 Å². The minimum absolute atomic E-state index is 0. The fourth-order valence-corrected chi connectivity index (χ4v) is 4.35. The smallest absolute Gasteiger partial charge is 0.191 e. The van der Waals surface area contributed by atoms with Crippen molar-refractivity contribution >= 4 is 41.3 Å². The molecule has 30 heavy (non-hydrogen) atoms. The number of thiophene rings is 1. The predicted octanol–water partition coefficient (Wildman–Crippen LogP) is 3.75. The van der Waals surface area contributed by atoms with Crippen LogP contribution in [0.1, 0.15) is 24.3 Å². The van der Waals surface area contributed by atoms with Crippen LogP contribution in [-0.4, -0.2) is 56.8 Å². The molecule has 0 aliphatic carbocycles. The Bertz CT molecular complexity index is 814. The molecule has 0 amide bonds.